The number of oxazole rings is 1. The van der Waals surface area contributed by atoms with Crippen molar-refractivity contribution >= 4 is 5.91 Å². The molecule has 8 heteroatoms. The summed E-state index contributed by atoms with van der Waals surface area (Å²) in [5, 5.41) is 7.02. The van der Waals surface area contributed by atoms with Crippen LogP contribution in [0.2, 0.25) is 0 Å². The monoisotopic (exact) mass is 306 g/mol. The molecule has 3 heterocycles. The third kappa shape index (κ3) is 3.11. The SMILES string of the molecule is CCn1cc(O[C@@H]2COC[C@@H]2NC(=O)c2coc(C)n2)cn1. The maximum absolute atomic E-state index is 12.1. The van der Waals surface area contributed by atoms with Crippen LogP contribution in [0, 0.1) is 6.92 Å². The van der Waals surface area contributed by atoms with Gasteiger partial charge in [-0.3, -0.25) is 9.48 Å². The summed E-state index contributed by atoms with van der Waals surface area (Å²) < 4.78 is 18.1. The minimum atomic E-state index is -0.301. The van der Waals surface area contributed by atoms with Gasteiger partial charge in [0.1, 0.15) is 12.4 Å². The molecule has 0 radical (unpaired) electrons. The Kier molecular flexibility index (Phi) is 4.10. The van der Waals surface area contributed by atoms with Crippen molar-refractivity contribution in [2.45, 2.75) is 32.5 Å². The van der Waals surface area contributed by atoms with E-state index in [2.05, 4.69) is 15.4 Å². The Morgan fingerprint density at radius 1 is 1.55 bits per heavy atom. The van der Waals surface area contributed by atoms with E-state index in [4.69, 9.17) is 13.9 Å². The molecule has 2 atom stereocenters. The molecule has 1 aliphatic heterocycles. The lowest BCUT2D eigenvalue weighted by Gasteiger charge is -2.19. The Labute approximate surface area is 127 Å². The molecule has 1 amide bonds. The molecule has 0 aromatic carbocycles. The second kappa shape index (κ2) is 6.18. The summed E-state index contributed by atoms with van der Waals surface area (Å²) in [5.41, 5.74) is 0.252. The first-order valence-corrected chi connectivity index (χ1v) is 7.15. The van der Waals surface area contributed by atoms with Crippen molar-refractivity contribution in [2.75, 3.05) is 13.2 Å². The van der Waals surface area contributed by atoms with Crippen molar-refractivity contribution in [3.63, 3.8) is 0 Å². The summed E-state index contributed by atoms with van der Waals surface area (Å²) in [4.78, 5) is 16.1. The molecule has 0 saturated carbocycles. The molecule has 118 valence electrons. The van der Waals surface area contributed by atoms with Gasteiger partial charge in [0, 0.05) is 13.5 Å². The fraction of sp³-hybridized carbons (Fsp3) is 0.500. The number of hydrogen-bond acceptors (Lipinski definition) is 6. The predicted octanol–water partition coefficient (Wildman–Crippen LogP) is 0.776. The molecule has 3 rings (SSSR count). The highest BCUT2D eigenvalue weighted by Crippen LogP contribution is 2.17. The van der Waals surface area contributed by atoms with E-state index >= 15 is 0 Å². The van der Waals surface area contributed by atoms with E-state index in [1.807, 2.05) is 13.1 Å². The highest BCUT2D eigenvalue weighted by molar-refractivity contribution is 5.92. The Balaban J connectivity index is 1.61. The summed E-state index contributed by atoms with van der Waals surface area (Å²) in [7, 11) is 0. The van der Waals surface area contributed by atoms with E-state index in [0.717, 1.165) is 6.54 Å². The van der Waals surface area contributed by atoms with Gasteiger partial charge in [-0.15, -0.1) is 0 Å². The number of rotatable bonds is 5. The lowest BCUT2D eigenvalue weighted by molar-refractivity contribution is 0.0899. The van der Waals surface area contributed by atoms with Gasteiger partial charge < -0.3 is 19.2 Å². The van der Waals surface area contributed by atoms with E-state index in [1.165, 1.54) is 6.26 Å². The van der Waals surface area contributed by atoms with Crippen LogP contribution in [0.5, 0.6) is 5.75 Å². The van der Waals surface area contributed by atoms with Crippen molar-refractivity contribution in [3.8, 4) is 5.75 Å². The van der Waals surface area contributed by atoms with Gasteiger partial charge in [-0.2, -0.15) is 5.10 Å². The summed E-state index contributed by atoms with van der Waals surface area (Å²) in [6.45, 7) is 5.27. The zero-order valence-electron chi connectivity index (χ0n) is 12.5. The number of hydrogen-bond donors (Lipinski definition) is 1. The summed E-state index contributed by atoms with van der Waals surface area (Å²) >= 11 is 0. The van der Waals surface area contributed by atoms with Crippen molar-refractivity contribution in [1.29, 1.82) is 0 Å². The van der Waals surface area contributed by atoms with Crippen molar-refractivity contribution in [1.82, 2.24) is 20.1 Å². The van der Waals surface area contributed by atoms with E-state index in [0.29, 0.717) is 24.9 Å². The molecule has 1 saturated heterocycles. The molecule has 0 spiro atoms. The fourth-order valence-corrected chi connectivity index (χ4v) is 2.25. The van der Waals surface area contributed by atoms with Gasteiger partial charge in [0.2, 0.25) is 0 Å². The first-order chi connectivity index (χ1) is 10.7. The third-order valence-corrected chi connectivity index (χ3v) is 3.42. The molecule has 0 unspecified atom stereocenters. The van der Waals surface area contributed by atoms with Crippen molar-refractivity contribution in [2.24, 2.45) is 0 Å². The van der Waals surface area contributed by atoms with Crippen LogP contribution in [-0.4, -0.2) is 46.0 Å². The molecule has 1 fully saturated rings. The number of nitrogens with one attached hydrogen (secondary N) is 1. The lowest BCUT2D eigenvalue weighted by Crippen LogP contribution is -2.45. The van der Waals surface area contributed by atoms with E-state index in [9.17, 15) is 4.79 Å². The third-order valence-electron chi connectivity index (χ3n) is 3.42. The van der Waals surface area contributed by atoms with Crippen LogP contribution in [0.1, 0.15) is 23.3 Å². The molecule has 0 bridgehead atoms. The largest absolute Gasteiger partial charge is 0.482 e. The van der Waals surface area contributed by atoms with Crippen molar-refractivity contribution < 1.29 is 18.7 Å². The first kappa shape index (κ1) is 14.6. The van der Waals surface area contributed by atoms with Crippen LogP contribution in [0.25, 0.3) is 0 Å². The Bertz CT molecular complexity index is 651. The van der Waals surface area contributed by atoms with Crippen LogP contribution in [0.3, 0.4) is 0 Å². The van der Waals surface area contributed by atoms with Gasteiger partial charge in [-0.25, -0.2) is 4.98 Å². The summed E-state index contributed by atoms with van der Waals surface area (Å²) in [6, 6.07) is -0.241. The maximum Gasteiger partial charge on any atom is 0.273 e. The van der Waals surface area contributed by atoms with Gasteiger partial charge in [0.15, 0.2) is 17.3 Å². The zero-order valence-corrected chi connectivity index (χ0v) is 12.5. The van der Waals surface area contributed by atoms with Gasteiger partial charge in [-0.05, 0) is 6.92 Å². The predicted molar refractivity (Wildman–Crippen MR) is 75.6 cm³/mol. The topological polar surface area (TPSA) is 91.4 Å². The van der Waals surface area contributed by atoms with Crippen molar-refractivity contribution in [3.05, 3.63) is 30.2 Å². The number of carbonyl (C=O) groups is 1. The van der Waals surface area contributed by atoms with Crippen LogP contribution < -0.4 is 10.1 Å². The normalized spacial score (nSPS) is 21.0. The smallest absolute Gasteiger partial charge is 0.273 e. The number of ether oxygens (including phenoxy) is 2. The Hall–Kier alpha value is -2.35. The molecular formula is C14H18N4O4. The molecule has 2 aromatic rings. The second-order valence-electron chi connectivity index (χ2n) is 5.06. The van der Waals surface area contributed by atoms with E-state index in [-0.39, 0.29) is 23.7 Å². The summed E-state index contributed by atoms with van der Waals surface area (Å²) in [6.07, 6.45) is 4.55. The van der Waals surface area contributed by atoms with E-state index < -0.39 is 0 Å². The molecular weight excluding hydrogens is 288 g/mol. The minimum absolute atomic E-state index is 0.241. The second-order valence-corrected chi connectivity index (χ2v) is 5.06. The first-order valence-electron chi connectivity index (χ1n) is 7.15. The Morgan fingerprint density at radius 3 is 3.09 bits per heavy atom. The molecule has 0 aliphatic carbocycles. The van der Waals surface area contributed by atoms with Crippen LogP contribution >= 0.6 is 0 Å². The Morgan fingerprint density at radius 2 is 2.41 bits per heavy atom. The molecule has 2 aromatic heterocycles. The fourth-order valence-electron chi connectivity index (χ4n) is 2.25. The highest BCUT2D eigenvalue weighted by atomic mass is 16.5. The van der Waals surface area contributed by atoms with Gasteiger partial charge >= 0.3 is 0 Å². The number of nitrogens with zero attached hydrogens (tertiary/aromatic N) is 3. The van der Waals surface area contributed by atoms with E-state index in [1.54, 1.807) is 17.8 Å². The summed E-state index contributed by atoms with van der Waals surface area (Å²) in [5.74, 6) is 0.812. The molecule has 22 heavy (non-hydrogen) atoms. The van der Waals surface area contributed by atoms with Crippen LogP contribution in [-0.2, 0) is 11.3 Å². The molecule has 1 aliphatic rings. The average molecular weight is 306 g/mol. The van der Waals surface area contributed by atoms with Crippen LogP contribution in [0.15, 0.2) is 23.1 Å². The zero-order chi connectivity index (χ0) is 15.5. The number of amides is 1. The minimum Gasteiger partial charge on any atom is -0.482 e. The van der Waals surface area contributed by atoms with Gasteiger partial charge in [0.25, 0.3) is 5.91 Å². The van der Waals surface area contributed by atoms with Gasteiger partial charge in [0.05, 0.1) is 31.6 Å². The number of aromatic nitrogens is 3. The highest BCUT2D eigenvalue weighted by Gasteiger charge is 2.32. The van der Waals surface area contributed by atoms with Gasteiger partial charge in [-0.1, -0.05) is 0 Å². The standard InChI is InChI=1S/C14H18N4O4/c1-3-18-5-10(4-15-18)22-13-8-20-6-11(13)17-14(19)12-7-21-9(2)16-12/h4-5,7,11,13H,3,6,8H2,1-2H3,(H,17,19)/t11-,13+/m0/s1. The quantitative estimate of drug-likeness (QED) is 0.877. The molecule has 8 nitrogen and oxygen atoms in total. The number of aryl methyl sites for hydroxylation is 2. The maximum atomic E-state index is 12.1. The number of carbonyl (C=O) groups excluding carboxylic acids is 1. The molecule has 1 N–H and O–H groups in total. The van der Waals surface area contributed by atoms with Crippen LogP contribution in [0.4, 0.5) is 0 Å². The average Bonchev–Trinajstić information content (AvgIpc) is 3.22. The lowest BCUT2D eigenvalue weighted by atomic mass is 10.2.